The largest absolute Gasteiger partial charge is 0.310 e. The van der Waals surface area contributed by atoms with Gasteiger partial charge < -0.3 is 4.90 Å². The second-order valence-corrected chi connectivity index (χ2v) is 16.4. The van der Waals surface area contributed by atoms with Crippen molar-refractivity contribution in [3.05, 3.63) is 199 Å². The van der Waals surface area contributed by atoms with Gasteiger partial charge in [0.25, 0.3) is 0 Å². The van der Waals surface area contributed by atoms with Crippen molar-refractivity contribution >= 4 is 70.1 Å². The third kappa shape index (κ3) is 4.99. The molecule has 0 amide bonds. The molecule has 0 spiro atoms. The second-order valence-electron chi connectivity index (χ2n) is 15.3. The minimum Gasteiger partial charge on any atom is -0.310 e. The van der Waals surface area contributed by atoms with Gasteiger partial charge in [0.2, 0.25) is 0 Å². The van der Waals surface area contributed by atoms with Crippen LogP contribution in [0.4, 0.5) is 17.1 Å². The van der Waals surface area contributed by atoms with Gasteiger partial charge in [-0.25, -0.2) is 0 Å². The highest BCUT2D eigenvalue weighted by Crippen LogP contribution is 2.54. The number of anilines is 3. The van der Waals surface area contributed by atoms with Crippen LogP contribution in [0.2, 0.25) is 0 Å². The van der Waals surface area contributed by atoms with E-state index < -0.39 is 0 Å². The molecule has 0 aliphatic heterocycles. The van der Waals surface area contributed by atoms with Gasteiger partial charge >= 0.3 is 0 Å². The molecule has 0 saturated heterocycles. The molecule has 1 heterocycles. The molecular weight excluding hydrogens is 683 g/mol. The Balaban J connectivity index is 1.10. The van der Waals surface area contributed by atoms with E-state index in [2.05, 4.69) is 207 Å². The standard InChI is InChI=1S/C53H37NS/c1-53(2)47-23-7-5-20-44(47)52-48(53)24-12-25-49(52)54(39-17-9-15-36(31-39)42-22-10-14-34-13-3-4-18-40(34)42)38-29-27-35(28-30-38)41-21-11-16-37-32-51-46(33-45(37)41)43-19-6-8-26-50(43)55-51/h3-33H,1-2H3. The van der Waals surface area contributed by atoms with Crippen LogP contribution in [0.1, 0.15) is 25.0 Å². The number of fused-ring (bicyclic) bond motifs is 8. The molecule has 11 rings (SSSR count). The summed E-state index contributed by atoms with van der Waals surface area (Å²) in [7, 11) is 0. The van der Waals surface area contributed by atoms with Crippen LogP contribution in [0, 0.1) is 0 Å². The van der Waals surface area contributed by atoms with Crippen molar-refractivity contribution in [1.82, 2.24) is 0 Å². The summed E-state index contributed by atoms with van der Waals surface area (Å²) in [6.07, 6.45) is 0. The van der Waals surface area contributed by atoms with Gasteiger partial charge in [-0.05, 0) is 109 Å². The molecule has 0 radical (unpaired) electrons. The fraction of sp³-hybridized carbons (Fsp3) is 0.0566. The van der Waals surface area contributed by atoms with E-state index in [1.165, 1.54) is 91.9 Å². The smallest absolute Gasteiger partial charge is 0.0543 e. The van der Waals surface area contributed by atoms with Crippen molar-refractivity contribution in [2.24, 2.45) is 0 Å². The van der Waals surface area contributed by atoms with E-state index in [4.69, 9.17) is 0 Å². The number of thiophene rings is 1. The van der Waals surface area contributed by atoms with E-state index in [1.807, 2.05) is 11.3 Å². The molecule has 0 unspecified atom stereocenters. The Morgan fingerprint density at radius 3 is 1.93 bits per heavy atom. The van der Waals surface area contributed by atoms with Gasteiger partial charge in [-0.2, -0.15) is 0 Å². The van der Waals surface area contributed by atoms with E-state index in [-0.39, 0.29) is 5.41 Å². The molecule has 0 saturated carbocycles. The van der Waals surface area contributed by atoms with Crippen molar-refractivity contribution in [3.8, 4) is 33.4 Å². The Kier molecular flexibility index (Phi) is 7.14. The maximum atomic E-state index is 2.47. The third-order valence-corrected chi connectivity index (χ3v) is 13.0. The second kappa shape index (κ2) is 12.3. The van der Waals surface area contributed by atoms with Crippen LogP contribution in [0.3, 0.4) is 0 Å². The van der Waals surface area contributed by atoms with Crippen molar-refractivity contribution in [3.63, 3.8) is 0 Å². The van der Waals surface area contributed by atoms with E-state index in [1.54, 1.807) is 0 Å². The minimum absolute atomic E-state index is 0.101. The summed E-state index contributed by atoms with van der Waals surface area (Å²) in [5, 5.41) is 7.72. The van der Waals surface area contributed by atoms with Gasteiger partial charge in [0.1, 0.15) is 0 Å². The predicted octanol–water partition coefficient (Wildman–Crippen LogP) is 15.5. The molecule has 2 heteroatoms. The summed E-state index contributed by atoms with van der Waals surface area (Å²) in [6.45, 7) is 4.72. The fourth-order valence-electron chi connectivity index (χ4n) is 9.18. The quantitative estimate of drug-likeness (QED) is 0.171. The Bertz CT molecular complexity index is 3120. The summed E-state index contributed by atoms with van der Waals surface area (Å²) in [6, 6.07) is 69.7. The van der Waals surface area contributed by atoms with E-state index in [0.717, 1.165) is 11.4 Å². The normalized spacial score (nSPS) is 13.1. The molecule has 1 aromatic heterocycles. The summed E-state index contributed by atoms with van der Waals surface area (Å²) in [4.78, 5) is 2.47. The van der Waals surface area contributed by atoms with E-state index in [0.29, 0.717) is 0 Å². The highest BCUT2D eigenvalue weighted by atomic mass is 32.1. The number of nitrogens with zero attached hydrogens (tertiary/aromatic N) is 1. The molecule has 0 N–H and O–H groups in total. The highest BCUT2D eigenvalue weighted by molar-refractivity contribution is 7.25. The molecular formula is C53H37NS. The predicted molar refractivity (Wildman–Crippen MR) is 237 cm³/mol. The van der Waals surface area contributed by atoms with Gasteiger partial charge in [0, 0.05) is 42.5 Å². The van der Waals surface area contributed by atoms with E-state index >= 15 is 0 Å². The zero-order chi connectivity index (χ0) is 36.7. The number of rotatable bonds is 5. The summed E-state index contributed by atoms with van der Waals surface area (Å²) in [5.41, 5.74) is 13.6. The van der Waals surface area contributed by atoms with Crippen LogP contribution >= 0.6 is 11.3 Å². The Labute approximate surface area is 325 Å². The first-order chi connectivity index (χ1) is 27.0. The molecule has 0 fully saturated rings. The van der Waals surface area contributed by atoms with Gasteiger partial charge in [0.05, 0.1) is 5.69 Å². The van der Waals surface area contributed by atoms with Gasteiger partial charge in [-0.15, -0.1) is 11.3 Å². The van der Waals surface area contributed by atoms with Gasteiger partial charge in [0.15, 0.2) is 0 Å². The molecule has 10 aromatic rings. The summed E-state index contributed by atoms with van der Waals surface area (Å²) >= 11 is 1.88. The lowest BCUT2D eigenvalue weighted by Crippen LogP contribution is -2.16. The van der Waals surface area contributed by atoms with Crippen LogP contribution < -0.4 is 4.90 Å². The van der Waals surface area contributed by atoms with E-state index in [9.17, 15) is 0 Å². The van der Waals surface area contributed by atoms with Gasteiger partial charge in [-0.1, -0.05) is 153 Å². The lowest BCUT2D eigenvalue weighted by atomic mass is 9.82. The Morgan fingerprint density at radius 1 is 0.400 bits per heavy atom. The zero-order valence-electron chi connectivity index (χ0n) is 30.8. The first kappa shape index (κ1) is 32.0. The zero-order valence-corrected chi connectivity index (χ0v) is 31.6. The Hall–Kier alpha value is -6.48. The van der Waals surface area contributed by atoms with Crippen molar-refractivity contribution in [2.75, 3.05) is 4.90 Å². The SMILES string of the molecule is CC1(C)c2ccccc2-c2c(N(c3ccc(-c4cccc5cc6sc7ccccc7c6cc45)cc3)c3cccc(-c4cccc5ccccc45)c3)cccc21. The minimum atomic E-state index is -0.101. The maximum Gasteiger partial charge on any atom is 0.0543 e. The molecule has 1 aliphatic rings. The molecule has 1 aliphatic carbocycles. The molecule has 0 atom stereocenters. The number of benzene rings is 9. The van der Waals surface area contributed by atoms with Crippen LogP contribution in [-0.2, 0) is 5.41 Å². The van der Waals surface area contributed by atoms with Crippen LogP contribution in [0.5, 0.6) is 0 Å². The average molecular weight is 720 g/mol. The van der Waals surface area contributed by atoms with Crippen LogP contribution in [0.15, 0.2) is 188 Å². The summed E-state index contributed by atoms with van der Waals surface area (Å²) < 4.78 is 2.67. The number of hydrogen-bond acceptors (Lipinski definition) is 2. The van der Waals surface area contributed by atoms with Gasteiger partial charge in [-0.3, -0.25) is 0 Å². The van der Waals surface area contributed by atoms with Crippen molar-refractivity contribution in [1.29, 1.82) is 0 Å². The van der Waals surface area contributed by atoms with Crippen LogP contribution in [-0.4, -0.2) is 0 Å². The molecule has 260 valence electrons. The average Bonchev–Trinajstić information content (AvgIpc) is 3.71. The van der Waals surface area contributed by atoms with Crippen molar-refractivity contribution in [2.45, 2.75) is 19.3 Å². The lowest BCUT2D eigenvalue weighted by molar-refractivity contribution is 0.660. The molecule has 55 heavy (non-hydrogen) atoms. The first-order valence-electron chi connectivity index (χ1n) is 19.1. The molecule has 0 bridgehead atoms. The summed E-state index contributed by atoms with van der Waals surface area (Å²) in [5.74, 6) is 0. The fourth-order valence-corrected chi connectivity index (χ4v) is 10.3. The highest BCUT2D eigenvalue weighted by Gasteiger charge is 2.37. The molecule has 1 nitrogen and oxygen atoms in total. The van der Waals surface area contributed by atoms with Crippen LogP contribution in [0.25, 0.3) is 75.1 Å². The third-order valence-electron chi connectivity index (χ3n) is 11.8. The topological polar surface area (TPSA) is 3.24 Å². The number of hydrogen-bond donors (Lipinski definition) is 0. The monoisotopic (exact) mass is 719 g/mol. The first-order valence-corrected chi connectivity index (χ1v) is 19.9. The van der Waals surface area contributed by atoms with Crippen molar-refractivity contribution < 1.29 is 0 Å². The lowest BCUT2D eigenvalue weighted by Gasteiger charge is -2.29. The molecule has 9 aromatic carbocycles. The Morgan fingerprint density at radius 2 is 1.05 bits per heavy atom. The maximum absolute atomic E-state index is 2.47.